The van der Waals surface area contributed by atoms with Crippen LogP contribution in [0.4, 0.5) is 11.4 Å². The molecule has 3 aliphatic heterocycles. The predicted octanol–water partition coefficient (Wildman–Crippen LogP) is 5.13. The van der Waals surface area contributed by atoms with Gasteiger partial charge in [0.15, 0.2) is 0 Å². The highest BCUT2D eigenvalue weighted by Crippen LogP contribution is 2.55. The minimum Gasteiger partial charge on any atom is -0.383 e. The Morgan fingerprint density at radius 3 is 2.88 bits per heavy atom. The van der Waals surface area contributed by atoms with E-state index in [-0.39, 0.29) is 5.54 Å². The van der Waals surface area contributed by atoms with Gasteiger partial charge in [-0.15, -0.1) is 0 Å². The molecule has 136 valence electrons. The summed E-state index contributed by atoms with van der Waals surface area (Å²) in [6.07, 6.45) is 2.35. The standard InChI is InChI=1S/C21H23Cl2N3/c1-21-5-7-24-12-17(21)16-9-13(15-4-3-14(22)11-18(15)23)10-19-20(16)26(21)8-2-6-25-19/h3-4,9-11,17,24-25H,2,5-8,12H2,1H3/t17-,21-/m0/s1. The van der Waals surface area contributed by atoms with Crippen molar-refractivity contribution in [3.05, 3.63) is 45.9 Å². The molecule has 0 spiro atoms. The van der Waals surface area contributed by atoms with Crippen molar-refractivity contribution in [2.24, 2.45) is 0 Å². The second-order valence-electron chi connectivity index (χ2n) is 7.88. The smallest absolute Gasteiger partial charge is 0.0644 e. The predicted molar refractivity (Wildman–Crippen MR) is 111 cm³/mol. The zero-order valence-electron chi connectivity index (χ0n) is 14.9. The molecule has 0 bridgehead atoms. The molecule has 5 rings (SSSR count). The topological polar surface area (TPSA) is 27.3 Å². The van der Waals surface area contributed by atoms with Crippen molar-refractivity contribution in [3.8, 4) is 11.1 Å². The number of hydrogen-bond donors (Lipinski definition) is 2. The first-order valence-electron chi connectivity index (χ1n) is 9.43. The molecule has 1 fully saturated rings. The molecule has 2 N–H and O–H groups in total. The third-order valence-corrected chi connectivity index (χ3v) is 6.97. The monoisotopic (exact) mass is 387 g/mol. The molecule has 1 saturated heterocycles. The summed E-state index contributed by atoms with van der Waals surface area (Å²) >= 11 is 12.6. The number of piperidine rings is 1. The minimum absolute atomic E-state index is 0.205. The molecular weight excluding hydrogens is 365 g/mol. The molecule has 0 radical (unpaired) electrons. The summed E-state index contributed by atoms with van der Waals surface area (Å²) in [6.45, 7) is 6.72. The van der Waals surface area contributed by atoms with Gasteiger partial charge in [-0.1, -0.05) is 29.3 Å². The summed E-state index contributed by atoms with van der Waals surface area (Å²) < 4.78 is 0. The van der Waals surface area contributed by atoms with Crippen LogP contribution in [-0.2, 0) is 0 Å². The van der Waals surface area contributed by atoms with Crippen LogP contribution in [0, 0.1) is 0 Å². The highest BCUT2D eigenvalue weighted by molar-refractivity contribution is 6.36. The molecule has 0 amide bonds. The van der Waals surface area contributed by atoms with Gasteiger partial charge >= 0.3 is 0 Å². The van der Waals surface area contributed by atoms with E-state index >= 15 is 0 Å². The lowest BCUT2D eigenvalue weighted by molar-refractivity contribution is 0.289. The second-order valence-corrected chi connectivity index (χ2v) is 8.73. The van der Waals surface area contributed by atoms with Crippen molar-refractivity contribution in [3.63, 3.8) is 0 Å². The Hall–Kier alpha value is -1.42. The molecular formula is C21H23Cl2N3. The fourth-order valence-electron chi connectivity index (χ4n) is 5.07. The number of halogens is 2. The van der Waals surface area contributed by atoms with E-state index in [2.05, 4.69) is 34.6 Å². The van der Waals surface area contributed by atoms with Crippen molar-refractivity contribution >= 4 is 34.6 Å². The second kappa shape index (κ2) is 6.05. The number of nitrogens with zero attached hydrogens (tertiary/aromatic N) is 1. The van der Waals surface area contributed by atoms with Gasteiger partial charge in [-0.2, -0.15) is 0 Å². The maximum Gasteiger partial charge on any atom is 0.0644 e. The first-order chi connectivity index (χ1) is 12.6. The van der Waals surface area contributed by atoms with Gasteiger partial charge in [0, 0.05) is 46.7 Å². The Labute approximate surface area is 164 Å². The molecule has 3 aliphatic rings. The van der Waals surface area contributed by atoms with Gasteiger partial charge in [-0.25, -0.2) is 0 Å². The lowest BCUT2D eigenvalue weighted by atomic mass is 9.78. The average molecular weight is 388 g/mol. The molecule has 5 heteroatoms. The lowest BCUT2D eigenvalue weighted by Crippen LogP contribution is -2.54. The SMILES string of the molecule is C[C@]12CCNC[C@H]1c1cc(-c3ccc(Cl)cc3Cl)cc3c1N2CCCN3. The summed E-state index contributed by atoms with van der Waals surface area (Å²) in [7, 11) is 0. The largest absolute Gasteiger partial charge is 0.383 e. The highest BCUT2D eigenvalue weighted by Gasteiger charge is 2.50. The van der Waals surface area contributed by atoms with Crippen LogP contribution >= 0.6 is 23.2 Å². The van der Waals surface area contributed by atoms with Gasteiger partial charge < -0.3 is 15.5 Å². The molecule has 3 nitrogen and oxygen atoms in total. The molecule has 0 aromatic heterocycles. The zero-order chi connectivity index (χ0) is 17.9. The van der Waals surface area contributed by atoms with Crippen LogP contribution in [0.15, 0.2) is 30.3 Å². The summed E-state index contributed by atoms with van der Waals surface area (Å²) in [5.41, 5.74) is 6.53. The third kappa shape index (κ3) is 2.37. The first kappa shape index (κ1) is 16.7. The van der Waals surface area contributed by atoms with Crippen LogP contribution in [0.5, 0.6) is 0 Å². The molecule has 3 heterocycles. The molecule has 2 aromatic rings. The van der Waals surface area contributed by atoms with E-state index in [9.17, 15) is 0 Å². The molecule has 0 aliphatic carbocycles. The quantitative estimate of drug-likeness (QED) is 0.709. The fourth-order valence-corrected chi connectivity index (χ4v) is 5.59. The zero-order valence-corrected chi connectivity index (χ0v) is 16.4. The molecule has 0 saturated carbocycles. The van der Waals surface area contributed by atoms with Crippen molar-refractivity contribution in [1.82, 2.24) is 5.32 Å². The van der Waals surface area contributed by atoms with Crippen LogP contribution in [-0.4, -0.2) is 31.7 Å². The summed E-state index contributed by atoms with van der Waals surface area (Å²) in [5, 5.41) is 8.66. The Kier molecular flexibility index (Phi) is 3.89. The van der Waals surface area contributed by atoms with Crippen LogP contribution in [0.3, 0.4) is 0 Å². The lowest BCUT2D eigenvalue weighted by Gasteiger charge is -2.44. The number of hydrogen-bond acceptors (Lipinski definition) is 3. The Bertz CT molecular complexity index is 882. The van der Waals surface area contributed by atoms with E-state index in [4.69, 9.17) is 23.2 Å². The molecule has 26 heavy (non-hydrogen) atoms. The average Bonchev–Trinajstić information content (AvgIpc) is 2.74. The van der Waals surface area contributed by atoms with Gasteiger partial charge in [0.25, 0.3) is 0 Å². The van der Waals surface area contributed by atoms with Crippen molar-refractivity contribution in [2.75, 3.05) is 36.4 Å². The first-order valence-corrected chi connectivity index (χ1v) is 10.2. The van der Waals surface area contributed by atoms with E-state index in [0.29, 0.717) is 16.0 Å². The maximum atomic E-state index is 6.52. The third-order valence-electron chi connectivity index (χ3n) is 6.42. The van der Waals surface area contributed by atoms with E-state index < -0.39 is 0 Å². The van der Waals surface area contributed by atoms with Crippen LogP contribution in [0.1, 0.15) is 31.2 Å². The Balaban J connectivity index is 1.72. The Morgan fingerprint density at radius 2 is 2.04 bits per heavy atom. The normalized spacial score (nSPS) is 26.7. The summed E-state index contributed by atoms with van der Waals surface area (Å²) in [6, 6.07) is 10.4. The van der Waals surface area contributed by atoms with E-state index in [1.807, 2.05) is 18.2 Å². The number of rotatable bonds is 1. The van der Waals surface area contributed by atoms with Gasteiger partial charge in [0.1, 0.15) is 0 Å². The number of benzene rings is 2. The number of fused-ring (bicyclic) bond motifs is 3. The maximum absolute atomic E-state index is 6.52. The van der Waals surface area contributed by atoms with Crippen LogP contribution in [0.2, 0.25) is 10.0 Å². The van der Waals surface area contributed by atoms with E-state index in [0.717, 1.165) is 31.7 Å². The number of anilines is 2. The van der Waals surface area contributed by atoms with Crippen molar-refractivity contribution in [2.45, 2.75) is 31.2 Å². The summed E-state index contributed by atoms with van der Waals surface area (Å²) in [5.74, 6) is 0.510. The Morgan fingerprint density at radius 1 is 1.15 bits per heavy atom. The fraction of sp³-hybridized carbons (Fsp3) is 0.429. The van der Waals surface area contributed by atoms with Gasteiger partial charge in [0.2, 0.25) is 0 Å². The van der Waals surface area contributed by atoms with Gasteiger partial charge in [-0.05, 0) is 61.7 Å². The van der Waals surface area contributed by atoms with Crippen molar-refractivity contribution < 1.29 is 0 Å². The van der Waals surface area contributed by atoms with Gasteiger partial charge in [-0.3, -0.25) is 0 Å². The minimum atomic E-state index is 0.205. The highest BCUT2D eigenvalue weighted by atomic mass is 35.5. The van der Waals surface area contributed by atoms with E-state index in [1.54, 1.807) is 0 Å². The van der Waals surface area contributed by atoms with Crippen molar-refractivity contribution in [1.29, 1.82) is 0 Å². The summed E-state index contributed by atoms with van der Waals surface area (Å²) in [4.78, 5) is 2.68. The van der Waals surface area contributed by atoms with Crippen LogP contribution < -0.4 is 15.5 Å². The molecule has 2 atom stereocenters. The van der Waals surface area contributed by atoms with Crippen LogP contribution in [0.25, 0.3) is 11.1 Å². The molecule has 2 aromatic carbocycles. The van der Waals surface area contributed by atoms with Gasteiger partial charge in [0.05, 0.1) is 11.4 Å². The van der Waals surface area contributed by atoms with E-state index in [1.165, 1.54) is 35.3 Å². The number of nitrogens with one attached hydrogen (secondary N) is 2. The molecule has 0 unspecified atom stereocenters.